The fraction of sp³-hybridized carbons (Fsp3) is 0.250. The summed E-state index contributed by atoms with van der Waals surface area (Å²) < 4.78 is 37.0. The topological polar surface area (TPSA) is 46.2 Å². The van der Waals surface area contributed by atoms with Gasteiger partial charge in [-0.1, -0.05) is 27.5 Å². The first kappa shape index (κ1) is 12.6. The molecule has 1 aromatic carbocycles. The van der Waals surface area contributed by atoms with Crippen LogP contribution in [0.4, 0.5) is 13.2 Å². The zero-order valence-corrected chi connectivity index (χ0v) is 9.49. The van der Waals surface area contributed by atoms with Crippen LogP contribution in [-0.2, 0) is 0 Å². The molecular weight excluding hydrogens is 298 g/mol. The van der Waals surface area contributed by atoms with E-state index in [4.69, 9.17) is 17.3 Å². The van der Waals surface area contributed by atoms with Crippen molar-refractivity contribution in [3.63, 3.8) is 0 Å². The van der Waals surface area contributed by atoms with Crippen molar-refractivity contribution in [2.24, 2.45) is 5.73 Å². The first-order valence-corrected chi connectivity index (χ1v) is 4.91. The van der Waals surface area contributed by atoms with Crippen molar-refractivity contribution in [3.05, 3.63) is 27.2 Å². The number of nitrogens with two attached hydrogens (primary N) is 1. The van der Waals surface area contributed by atoms with Gasteiger partial charge in [0, 0.05) is 10.0 Å². The van der Waals surface area contributed by atoms with E-state index in [1.54, 1.807) is 0 Å². The number of halogens is 5. The Hall–Kier alpha value is -0.460. The Labute approximate surface area is 97.0 Å². The molecule has 0 spiro atoms. The number of benzene rings is 1. The van der Waals surface area contributed by atoms with Gasteiger partial charge in [0.25, 0.3) is 0 Å². The van der Waals surface area contributed by atoms with Gasteiger partial charge < -0.3 is 10.8 Å². The highest BCUT2D eigenvalue weighted by Gasteiger charge is 2.40. The molecule has 0 saturated carbocycles. The molecule has 0 unspecified atom stereocenters. The molecule has 1 atom stereocenters. The van der Waals surface area contributed by atoms with Gasteiger partial charge in [0.2, 0.25) is 0 Å². The summed E-state index contributed by atoms with van der Waals surface area (Å²) in [5.74, 6) is -0.657. The van der Waals surface area contributed by atoms with Gasteiger partial charge >= 0.3 is 6.18 Å². The fourth-order valence-corrected chi connectivity index (χ4v) is 1.75. The maximum absolute atomic E-state index is 12.3. The number of phenolic OH excluding ortho intramolecular Hbond substituents is 1. The molecule has 0 aliphatic heterocycles. The molecular formula is C8H6BrClF3NO. The van der Waals surface area contributed by atoms with Crippen LogP contribution in [0.2, 0.25) is 5.02 Å². The minimum atomic E-state index is -4.63. The van der Waals surface area contributed by atoms with E-state index in [9.17, 15) is 18.3 Å². The molecule has 0 radical (unpaired) electrons. The average molecular weight is 304 g/mol. The van der Waals surface area contributed by atoms with E-state index in [1.807, 2.05) is 0 Å². The third kappa shape index (κ3) is 2.56. The predicted molar refractivity (Wildman–Crippen MR) is 53.8 cm³/mol. The molecule has 0 amide bonds. The molecule has 0 aliphatic rings. The van der Waals surface area contributed by atoms with Crippen molar-refractivity contribution in [1.29, 1.82) is 0 Å². The highest BCUT2D eigenvalue weighted by Crippen LogP contribution is 2.42. The normalized spacial score (nSPS) is 14.0. The quantitative estimate of drug-likeness (QED) is 0.835. The second kappa shape index (κ2) is 4.19. The van der Waals surface area contributed by atoms with Crippen molar-refractivity contribution in [2.75, 3.05) is 0 Å². The molecule has 15 heavy (non-hydrogen) atoms. The van der Waals surface area contributed by atoms with Crippen molar-refractivity contribution in [3.8, 4) is 5.75 Å². The van der Waals surface area contributed by atoms with Crippen LogP contribution in [0.25, 0.3) is 0 Å². The molecule has 7 heteroatoms. The Balaban J connectivity index is 3.31. The molecule has 3 N–H and O–H groups in total. The summed E-state index contributed by atoms with van der Waals surface area (Å²) in [7, 11) is 0. The van der Waals surface area contributed by atoms with Gasteiger partial charge in [-0.15, -0.1) is 0 Å². The summed E-state index contributed by atoms with van der Waals surface area (Å²) in [6.07, 6.45) is -4.63. The fourth-order valence-electron chi connectivity index (χ4n) is 1.02. The van der Waals surface area contributed by atoms with Gasteiger partial charge in [0.05, 0.1) is 5.02 Å². The van der Waals surface area contributed by atoms with Crippen LogP contribution in [0.3, 0.4) is 0 Å². The number of hydrogen-bond acceptors (Lipinski definition) is 2. The summed E-state index contributed by atoms with van der Waals surface area (Å²) in [5, 5.41) is 9.20. The molecule has 0 saturated heterocycles. The summed E-state index contributed by atoms with van der Waals surface area (Å²) in [5.41, 5.74) is 4.51. The number of rotatable bonds is 1. The third-order valence-electron chi connectivity index (χ3n) is 1.78. The Morgan fingerprint density at radius 2 is 1.93 bits per heavy atom. The van der Waals surface area contributed by atoms with Crippen LogP contribution in [0, 0.1) is 0 Å². The third-order valence-corrected chi connectivity index (χ3v) is 2.77. The highest BCUT2D eigenvalue weighted by molar-refractivity contribution is 9.10. The van der Waals surface area contributed by atoms with Gasteiger partial charge in [0.15, 0.2) is 0 Å². The summed E-state index contributed by atoms with van der Waals surface area (Å²) >= 11 is 8.36. The van der Waals surface area contributed by atoms with Crippen LogP contribution in [0.5, 0.6) is 5.75 Å². The van der Waals surface area contributed by atoms with Crippen LogP contribution in [-0.4, -0.2) is 11.3 Å². The Bertz CT molecular complexity index is 383. The van der Waals surface area contributed by atoms with E-state index in [-0.39, 0.29) is 9.50 Å². The van der Waals surface area contributed by atoms with E-state index >= 15 is 0 Å². The minimum Gasteiger partial charge on any atom is -0.506 e. The number of aromatic hydroxyl groups is 1. The summed E-state index contributed by atoms with van der Waals surface area (Å²) in [6.45, 7) is 0. The standard InChI is InChI=1S/C8H6BrClF3NO/c9-3-1-2-4(10)6(15)5(3)7(14)8(11,12)13/h1-2,7,15H,14H2/t7-/m0/s1. The smallest absolute Gasteiger partial charge is 0.407 e. The van der Waals surface area contributed by atoms with E-state index in [0.29, 0.717) is 0 Å². The Kier molecular flexibility index (Phi) is 3.52. The molecule has 1 rings (SSSR count). The summed E-state index contributed by atoms with van der Waals surface area (Å²) in [4.78, 5) is 0. The maximum atomic E-state index is 12.3. The van der Waals surface area contributed by atoms with Crippen molar-refractivity contribution in [1.82, 2.24) is 0 Å². The number of phenols is 1. The van der Waals surface area contributed by atoms with E-state index in [1.165, 1.54) is 12.1 Å². The average Bonchev–Trinajstić information content (AvgIpc) is 2.10. The lowest BCUT2D eigenvalue weighted by Gasteiger charge is -2.18. The lowest BCUT2D eigenvalue weighted by atomic mass is 10.1. The van der Waals surface area contributed by atoms with Gasteiger partial charge in [-0.25, -0.2) is 0 Å². The largest absolute Gasteiger partial charge is 0.506 e. The molecule has 0 heterocycles. The molecule has 1 aromatic rings. The van der Waals surface area contributed by atoms with Gasteiger partial charge in [-0.3, -0.25) is 0 Å². The van der Waals surface area contributed by atoms with Crippen LogP contribution in [0.1, 0.15) is 11.6 Å². The van der Waals surface area contributed by atoms with Crippen LogP contribution >= 0.6 is 27.5 Å². The second-order valence-corrected chi connectivity index (χ2v) is 4.07. The SMILES string of the molecule is N[C@@H](c1c(Br)ccc(Cl)c1O)C(F)(F)F. The predicted octanol–water partition coefficient (Wildman–Crippen LogP) is 3.37. The maximum Gasteiger partial charge on any atom is 0.407 e. The monoisotopic (exact) mass is 303 g/mol. The first-order chi connectivity index (χ1) is 6.75. The molecule has 0 fully saturated rings. The lowest BCUT2D eigenvalue weighted by molar-refractivity contribution is -0.149. The van der Waals surface area contributed by atoms with E-state index in [2.05, 4.69) is 15.9 Å². The molecule has 0 aliphatic carbocycles. The van der Waals surface area contributed by atoms with Gasteiger partial charge in [0.1, 0.15) is 11.8 Å². The Morgan fingerprint density at radius 1 is 1.40 bits per heavy atom. The van der Waals surface area contributed by atoms with Crippen molar-refractivity contribution in [2.45, 2.75) is 12.2 Å². The van der Waals surface area contributed by atoms with Crippen LogP contribution < -0.4 is 5.73 Å². The Morgan fingerprint density at radius 3 is 2.40 bits per heavy atom. The molecule has 2 nitrogen and oxygen atoms in total. The minimum absolute atomic E-state index is 0.0641. The zero-order valence-electron chi connectivity index (χ0n) is 7.15. The zero-order chi connectivity index (χ0) is 11.8. The van der Waals surface area contributed by atoms with Crippen molar-refractivity contribution < 1.29 is 18.3 Å². The molecule has 84 valence electrons. The summed E-state index contributed by atoms with van der Waals surface area (Å²) in [6, 6.07) is 0.293. The first-order valence-electron chi connectivity index (χ1n) is 3.74. The second-order valence-electron chi connectivity index (χ2n) is 2.81. The highest BCUT2D eigenvalue weighted by atomic mass is 79.9. The van der Waals surface area contributed by atoms with Gasteiger partial charge in [-0.05, 0) is 12.1 Å². The van der Waals surface area contributed by atoms with Crippen molar-refractivity contribution >= 4 is 27.5 Å². The lowest BCUT2D eigenvalue weighted by Crippen LogP contribution is -2.28. The number of hydrogen-bond donors (Lipinski definition) is 2. The van der Waals surface area contributed by atoms with Gasteiger partial charge in [-0.2, -0.15) is 13.2 Å². The molecule has 0 bridgehead atoms. The van der Waals surface area contributed by atoms with E-state index in [0.717, 1.165) is 0 Å². The molecule has 0 aromatic heterocycles. The van der Waals surface area contributed by atoms with Crippen LogP contribution in [0.15, 0.2) is 16.6 Å². The number of alkyl halides is 3. The van der Waals surface area contributed by atoms with E-state index < -0.39 is 23.5 Å².